The first-order valence-electron chi connectivity index (χ1n) is 11.5. The predicted molar refractivity (Wildman–Crippen MR) is 126 cm³/mol. The van der Waals surface area contributed by atoms with Crippen LogP contribution in [0.3, 0.4) is 0 Å². The molecule has 0 saturated carbocycles. The largest absolute Gasteiger partial charge is 0.479 e. The van der Waals surface area contributed by atoms with Gasteiger partial charge in [0.2, 0.25) is 0 Å². The van der Waals surface area contributed by atoms with Gasteiger partial charge in [0, 0.05) is 0 Å². The van der Waals surface area contributed by atoms with E-state index in [-0.39, 0.29) is 22.6 Å². The fourth-order valence-electron chi connectivity index (χ4n) is 3.14. The van der Waals surface area contributed by atoms with E-state index in [9.17, 15) is 19.2 Å². The minimum atomic E-state index is -1.08. The molecular formula is C26H30O9. The Kier molecular flexibility index (Phi) is 10.7. The summed E-state index contributed by atoms with van der Waals surface area (Å²) in [4.78, 5) is 47.7. The summed E-state index contributed by atoms with van der Waals surface area (Å²) in [5.41, 5.74) is 0.153. The lowest BCUT2D eigenvalue weighted by atomic mass is 10.1. The highest BCUT2D eigenvalue weighted by Gasteiger charge is 2.29. The zero-order valence-corrected chi connectivity index (χ0v) is 19.8. The number of carboxylic acid groups (broad SMARTS) is 2. The predicted octanol–water partition coefficient (Wildman–Crippen LogP) is 4.73. The van der Waals surface area contributed by atoms with E-state index in [0.29, 0.717) is 25.7 Å². The molecule has 0 aliphatic carbocycles. The molecule has 0 spiro atoms. The molecule has 2 aromatic carbocycles. The maximum atomic E-state index is 12.8. The Balaban J connectivity index is 2.10. The van der Waals surface area contributed by atoms with Crippen molar-refractivity contribution in [2.24, 2.45) is 0 Å². The number of carbonyl (C=O) groups is 4. The minimum Gasteiger partial charge on any atom is -0.479 e. The van der Waals surface area contributed by atoms with Crippen molar-refractivity contribution in [3.05, 3.63) is 59.7 Å². The first kappa shape index (κ1) is 27.4. The van der Waals surface area contributed by atoms with Crippen molar-refractivity contribution >= 4 is 23.9 Å². The third-order valence-electron chi connectivity index (χ3n) is 5.13. The Hall–Kier alpha value is -3.88. The summed E-state index contributed by atoms with van der Waals surface area (Å²) in [7, 11) is 0. The average molecular weight is 487 g/mol. The number of carbonyl (C=O) groups excluding carboxylic acids is 2. The zero-order valence-electron chi connectivity index (χ0n) is 19.8. The van der Waals surface area contributed by atoms with Gasteiger partial charge < -0.3 is 24.4 Å². The highest BCUT2D eigenvalue weighted by Crippen LogP contribution is 2.20. The van der Waals surface area contributed by atoms with Crippen LogP contribution in [0.2, 0.25) is 0 Å². The number of unbranched alkanes of at least 4 members (excludes halogenated alkanes) is 2. The van der Waals surface area contributed by atoms with E-state index in [1.165, 1.54) is 48.5 Å². The van der Waals surface area contributed by atoms with Gasteiger partial charge in [-0.1, -0.05) is 26.7 Å². The summed E-state index contributed by atoms with van der Waals surface area (Å²) in [5, 5.41) is 18.1. The van der Waals surface area contributed by atoms with Crippen LogP contribution in [0.25, 0.3) is 0 Å². The molecule has 0 aliphatic rings. The molecule has 2 atom stereocenters. The second kappa shape index (κ2) is 13.7. The number of rotatable bonds is 14. The maximum absolute atomic E-state index is 12.8. The van der Waals surface area contributed by atoms with Crippen LogP contribution in [0.1, 0.15) is 73.1 Å². The molecule has 2 aromatic rings. The lowest BCUT2D eigenvalue weighted by Crippen LogP contribution is -2.37. The Morgan fingerprint density at radius 3 is 1.29 bits per heavy atom. The maximum Gasteiger partial charge on any atom is 0.355 e. The molecular weight excluding hydrogens is 456 g/mol. The van der Waals surface area contributed by atoms with E-state index in [1.807, 2.05) is 13.8 Å². The van der Waals surface area contributed by atoms with Crippen LogP contribution in [0.4, 0.5) is 0 Å². The van der Waals surface area contributed by atoms with E-state index in [0.717, 1.165) is 12.8 Å². The fraction of sp³-hybridized carbons (Fsp3) is 0.385. The molecule has 9 nitrogen and oxygen atoms in total. The number of esters is 2. The first-order chi connectivity index (χ1) is 16.7. The molecule has 0 heterocycles. The molecule has 0 aliphatic heterocycles. The van der Waals surface area contributed by atoms with E-state index >= 15 is 0 Å². The average Bonchev–Trinajstić information content (AvgIpc) is 2.84. The molecule has 2 rings (SSSR count). The van der Waals surface area contributed by atoms with Gasteiger partial charge in [-0.05, 0) is 74.2 Å². The van der Waals surface area contributed by atoms with Crippen LogP contribution in [0.5, 0.6) is 11.5 Å². The second-order valence-corrected chi connectivity index (χ2v) is 7.90. The van der Waals surface area contributed by atoms with Gasteiger partial charge in [-0.2, -0.15) is 0 Å². The summed E-state index contributed by atoms with van der Waals surface area (Å²) in [5.74, 6) is -3.34. The van der Waals surface area contributed by atoms with E-state index in [1.54, 1.807) is 0 Å². The van der Waals surface area contributed by atoms with Crippen molar-refractivity contribution in [2.45, 2.75) is 64.6 Å². The van der Waals surface area contributed by atoms with E-state index in [2.05, 4.69) is 0 Å². The van der Waals surface area contributed by atoms with Gasteiger partial charge in [-0.15, -0.1) is 0 Å². The van der Waals surface area contributed by atoms with Crippen molar-refractivity contribution in [1.82, 2.24) is 0 Å². The normalized spacial score (nSPS) is 12.3. The third kappa shape index (κ3) is 8.77. The van der Waals surface area contributed by atoms with Crippen molar-refractivity contribution in [2.75, 3.05) is 0 Å². The van der Waals surface area contributed by atoms with Crippen LogP contribution in [-0.4, -0.2) is 46.3 Å². The number of hydrogen-bond donors (Lipinski definition) is 2. The topological polar surface area (TPSA) is 136 Å². The Morgan fingerprint density at radius 2 is 1.00 bits per heavy atom. The number of benzene rings is 2. The molecule has 35 heavy (non-hydrogen) atoms. The first-order valence-corrected chi connectivity index (χ1v) is 11.5. The molecule has 2 unspecified atom stereocenters. The van der Waals surface area contributed by atoms with Gasteiger partial charge >= 0.3 is 23.9 Å². The van der Waals surface area contributed by atoms with Gasteiger partial charge in [0.05, 0.1) is 11.1 Å². The van der Waals surface area contributed by atoms with Gasteiger partial charge in [-0.25, -0.2) is 19.2 Å². The second-order valence-electron chi connectivity index (χ2n) is 7.90. The summed E-state index contributed by atoms with van der Waals surface area (Å²) >= 11 is 0. The third-order valence-corrected chi connectivity index (χ3v) is 5.13. The lowest BCUT2D eigenvalue weighted by molar-refractivity contribution is -0.170. The summed E-state index contributed by atoms with van der Waals surface area (Å²) in [6.07, 6.45) is 1.36. The number of hydrogen-bond acceptors (Lipinski definition) is 7. The lowest BCUT2D eigenvalue weighted by Gasteiger charge is -2.20. The van der Waals surface area contributed by atoms with Crippen LogP contribution in [0.15, 0.2) is 48.5 Å². The molecule has 9 heteroatoms. The van der Waals surface area contributed by atoms with Gasteiger partial charge in [0.1, 0.15) is 11.5 Å². The van der Waals surface area contributed by atoms with Gasteiger partial charge in [-0.3, -0.25) is 0 Å². The zero-order chi connectivity index (χ0) is 25.8. The summed E-state index contributed by atoms with van der Waals surface area (Å²) in [6, 6.07) is 11.2. The summed E-state index contributed by atoms with van der Waals surface area (Å²) < 4.78 is 16.5. The monoisotopic (exact) mass is 486 g/mol. The highest BCUT2D eigenvalue weighted by atomic mass is 16.6. The smallest absolute Gasteiger partial charge is 0.355 e. The molecule has 0 fully saturated rings. The Labute approximate surface area is 203 Å². The SMILES string of the molecule is CCCCC(Oc1ccc(C(=O)O)cc1)C(=O)OC(=O)C(CCCC)Oc1ccc(C(=O)O)cc1. The van der Waals surface area contributed by atoms with Crippen LogP contribution < -0.4 is 9.47 Å². The molecule has 0 saturated heterocycles. The quantitative estimate of drug-likeness (QED) is 0.287. The van der Waals surface area contributed by atoms with Crippen LogP contribution in [-0.2, 0) is 14.3 Å². The molecule has 2 N–H and O–H groups in total. The Morgan fingerprint density at radius 1 is 0.657 bits per heavy atom. The standard InChI is InChI=1S/C26H30O9/c1-3-5-7-21(33-19-13-9-17(10-14-19)23(27)28)25(31)35-26(32)22(8-6-4-2)34-20-15-11-18(12-16-20)24(29)30/h9-16,21-22H,3-8H2,1-2H3,(H,27,28)(H,29,30). The van der Waals surface area contributed by atoms with Gasteiger partial charge in [0.15, 0.2) is 12.2 Å². The van der Waals surface area contributed by atoms with Crippen LogP contribution >= 0.6 is 0 Å². The van der Waals surface area contributed by atoms with E-state index < -0.39 is 36.1 Å². The number of aromatic carboxylic acids is 2. The van der Waals surface area contributed by atoms with Crippen molar-refractivity contribution in [1.29, 1.82) is 0 Å². The number of carboxylic acids is 2. The minimum absolute atomic E-state index is 0.0764. The highest BCUT2D eigenvalue weighted by molar-refractivity contribution is 5.90. The fourth-order valence-corrected chi connectivity index (χ4v) is 3.14. The molecule has 0 radical (unpaired) electrons. The number of ether oxygens (including phenoxy) is 3. The molecule has 0 aromatic heterocycles. The molecule has 0 amide bonds. The van der Waals surface area contributed by atoms with Crippen molar-refractivity contribution < 1.29 is 43.6 Å². The molecule has 0 bridgehead atoms. The Bertz CT molecular complexity index is 915. The molecule has 188 valence electrons. The van der Waals surface area contributed by atoms with Crippen molar-refractivity contribution in [3.8, 4) is 11.5 Å². The van der Waals surface area contributed by atoms with E-state index in [4.69, 9.17) is 24.4 Å². The van der Waals surface area contributed by atoms with Crippen LogP contribution in [0, 0.1) is 0 Å². The van der Waals surface area contributed by atoms with Crippen molar-refractivity contribution in [3.63, 3.8) is 0 Å². The summed E-state index contributed by atoms with van der Waals surface area (Å²) in [6.45, 7) is 3.89. The van der Waals surface area contributed by atoms with Gasteiger partial charge in [0.25, 0.3) is 0 Å².